The highest BCUT2D eigenvalue weighted by Gasteiger charge is 2.22. The van der Waals surface area contributed by atoms with Crippen LogP contribution < -0.4 is 10.1 Å². The zero-order chi connectivity index (χ0) is 13.0. The van der Waals surface area contributed by atoms with Gasteiger partial charge in [0.1, 0.15) is 5.75 Å². The third-order valence-corrected chi connectivity index (χ3v) is 3.47. The first-order valence-electron chi connectivity index (χ1n) is 6.70. The number of carbonyl (C=O) groups is 1. The molecule has 0 radical (unpaired) electrons. The fourth-order valence-electron chi connectivity index (χ4n) is 2.44. The minimum Gasteiger partial charge on any atom is -0.494 e. The molecule has 1 N–H and O–H groups in total. The Balaban J connectivity index is 2.12. The summed E-state index contributed by atoms with van der Waals surface area (Å²) in [5, 5.41) is 3.29. The molecular formula is C15H21NO2. The molecule has 2 rings (SSSR count). The molecule has 0 atom stereocenters. The van der Waals surface area contributed by atoms with Crippen LogP contribution >= 0.6 is 0 Å². The van der Waals surface area contributed by atoms with Crippen LogP contribution in [0.1, 0.15) is 35.7 Å². The molecular weight excluding hydrogens is 226 g/mol. The Morgan fingerprint density at radius 3 is 2.72 bits per heavy atom. The van der Waals surface area contributed by atoms with Crippen molar-refractivity contribution in [1.29, 1.82) is 0 Å². The molecule has 1 aliphatic rings. The second-order valence-electron chi connectivity index (χ2n) is 4.80. The second-order valence-corrected chi connectivity index (χ2v) is 4.80. The predicted molar refractivity (Wildman–Crippen MR) is 72.3 cm³/mol. The molecule has 0 saturated carbocycles. The van der Waals surface area contributed by atoms with Gasteiger partial charge in [0.05, 0.1) is 6.61 Å². The van der Waals surface area contributed by atoms with Gasteiger partial charge < -0.3 is 10.1 Å². The van der Waals surface area contributed by atoms with Crippen LogP contribution in [-0.4, -0.2) is 25.5 Å². The maximum absolute atomic E-state index is 12.4. The first-order valence-corrected chi connectivity index (χ1v) is 6.70. The van der Waals surface area contributed by atoms with Crippen molar-refractivity contribution in [1.82, 2.24) is 5.32 Å². The Kier molecular flexibility index (Phi) is 4.37. The van der Waals surface area contributed by atoms with E-state index in [1.165, 1.54) is 0 Å². The van der Waals surface area contributed by atoms with Crippen LogP contribution in [0.5, 0.6) is 5.75 Å². The van der Waals surface area contributed by atoms with Gasteiger partial charge in [-0.05, 0) is 63.5 Å². The van der Waals surface area contributed by atoms with Crippen molar-refractivity contribution in [2.24, 2.45) is 5.92 Å². The molecule has 0 spiro atoms. The van der Waals surface area contributed by atoms with Crippen molar-refractivity contribution in [2.45, 2.75) is 26.7 Å². The molecule has 3 nitrogen and oxygen atoms in total. The first kappa shape index (κ1) is 13.1. The monoisotopic (exact) mass is 247 g/mol. The van der Waals surface area contributed by atoms with E-state index in [2.05, 4.69) is 5.32 Å². The van der Waals surface area contributed by atoms with Gasteiger partial charge in [-0.1, -0.05) is 0 Å². The molecule has 3 heteroatoms. The first-order chi connectivity index (χ1) is 8.72. The molecule has 1 fully saturated rings. The van der Waals surface area contributed by atoms with E-state index in [9.17, 15) is 4.79 Å². The average Bonchev–Trinajstić information content (AvgIpc) is 2.41. The van der Waals surface area contributed by atoms with Crippen molar-refractivity contribution in [2.75, 3.05) is 19.7 Å². The van der Waals surface area contributed by atoms with Gasteiger partial charge in [0.15, 0.2) is 5.78 Å². The zero-order valence-electron chi connectivity index (χ0n) is 11.2. The van der Waals surface area contributed by atoms with E-state index >= 15 is 0 Å². The van der Waals surface area contributed by atoms with E-state index in [4.69, 9.17) is 4.74 Å². The van der Waals surface area contributed by atoms with Crippen LogP contribution in [-0.2, 0) is 0 Å². The Bertz CT molecular complexity index is 423. The smallest absolute Gasteiger partial charge is 0.166 e. The Morgan fingerprint density at radius 1 is 1.39 bits per heavy atom. The van der Waals surface area contributed by atoms with Gasteiger partial charge in [-0.25, -0.2) is 0 Å². The Labute approximate surface area is 109 Å². The van der Waals surface area contributed by atoms with Gasteiger partial charge >= 0.3 is 0 Å². The summed E-state index contributed by atoms with van der Waals surface area (Å²) in [6.07, 6.45) is 1.90. The molecule has 1 aliphatic heterocycles. The summed E-state index contributed by atoms with van der Waals surface area (Å²) in [6, 6.07) is 5.75. The van der Waals surface area contributed by atoms with Gasteiger partial charge in [-0.3, -0.25) is 4.79 Å². The molecule has 0 aliphatic carbocycles. The number of benzene rings is 1. The topological polar surface area (TPSA) is 38.3 Å². The van der Waals surface area contributed by atoms with Gasteiger partial charge in [0.25, 0.3) is 0 Å². The summed E-state index contributed by atoms with van der Waals surface area (Å²) in [5.41, 5.74) is 1.86. The number of hydrogen-bond acceptors (Lipinski definition) is 3. The van der Waals surface area contributed by atoms with E-state index in [0.29, 0.717) is 6.61 Å². The Hall–Kier alpha value is -1.35. The largest absolute Gasteiger partial charge is 0.494 e. The molecule has 1 aromatic rings. The van der Waals surface area contributed by atoms with Gasteiger partial charge in [0.2, 0.25) is 0 Å². The van der Waals surface area contributed by atoms with E-state index < -0.39 is 0 Å². The lowest BCUT2D eigenvalue weighted by molar-refractivity contribution is 0.0895. The normalized spacial score (nSPS) is 16.6. The van der Waals surface area contributed by atoms with Gasteiger partial charge in [-0.2, -0.15) is 0 Å². The van der Waals surface area contributed by atoms with Crippen LogP contribution in [0.3, 0.4) is 0 Å². The molecule has 1 aromatic carbocycles. The Morgan fingerprint density at radius 2 is 2.11 bits per heavy atom. The van der Waals surface area contributed by atoms with Crippen molar-refractivity contribution < 1.29 is 9.53 Å². The van der Waals surface area contributed by atoms with E-state index in [0.717, 1.165) is 42.8 Å². The van der Waals surface area contributed by atoms with Gasteiger partial charge in [0, 0.05) is 11.5 Å². The number of piperidine rings is 1. The molecule has 0 amide bonds. The number of rotatable bonds is 4. The van der Waals surface area contributed by atoms with Crippen LogP contribution in [0.2, 0.25) is 0 Å². The third kappa shape index (κ3) is 2.91. The summed E-state index contributed by atoms with van der Waals surface area (Å²) >= 11 is 0. The van der Waals surface area contributed by atoms with Crippen LogP contribution in [0.15, 0.2) is 18.2 Å². The second kappa shape index (κ2) is 6.01. The molecule has 0 bridgehead atoms. The lowest BCUT2D eigenvalue weighted by atomic mass is 9.89. The number of ketones is 1. The predicted octanol–water partition coefficient (Wildman–Crippen LogP) is 2.58. The highest BCUT2D eigenvalue weighted by molar-refractivity contribution is 5.98. The van der Waals surface area contributed by atoms with Crippen molar-refractivity contribution in [3.63, 3.8) is 0 Å². The summed E-state index contributed by atoms with van der Waals surface area (Å²) in [6.45, 7) is 6.51. The number of aryl methyl sites for hydroxylation is 1. The van der Waals surface area contributed by atoms with Crippen molar-refractivity contribution in [3.8, 4) is 5.75 Å². The standard InChI is InChI=1S/C15H21NO2/c1-3-18-14-5-4-13(10-11(14)2)15(17)12-6-8-16-9-7-12/h4-5,10,12,16H,3,6-9H2,1-2H3. The molecule has 18 heavy (non-hydrogen) atoms. The van der Waals surface area contributed by atoms with Crippen molar-refractivity contribution in [3.05, 3.63) is 29.3 Å². The van der Waals surface area contributed by atoms with Crippen molar-refractivity contribution >= 4 is 5.78 Å². The summed E-state index contributed by atoms with van der Waals surface area (Å²) in [4.78, 5) is 12.4. The summed E-state index contributed by atoms with van der Waals surface area (Å²) in [5.74, 6) is 1.34. The number of nitrogens with one attached hydrogen (secondary N) is 1. The quantitative estimate of drug-likeness (QED) is 0.831. The maximum atomic E-state index is 12.4. The zero-order valence-corrected chi connectivity index (χ0v) is 11.2. The molecule has 98 valence electrons. The van der Waals surface area contributed by atoms with Crippen LogP contribution in [0, 0.1) is 12.8 Å². The molecule has 0 aromatic heterocycles. The fraction of sp³-hybridized carbons (Fsp3) is 0.533. The van der Waals surface area contributed by atoms with E-state index in [1.807, 2.05) is 32.0 Å². The molecule has 1 heterocycles. The number of hydrogen-bond donors (Lipinski definition) is 1. The maximum Gasteiger partial charge on any atom is 0.166 e. The molecule has 1 saturated heterocycles. The fourth-order valence-corrected chi connectivity index (χ4v) is 2.44. The lowest BCUT2D eigenvalue weighted by Crippen LogP contribution is -2.31. The lowest BCUT2D eigenvalue weighted by Gasteiger charge is -2.21. The third-order valence-electron chi connectivity index (χ3n) is 3.47. The minimum atomic E-state index is 0.184. The highest BCUT2D eigenvalue weighted by Crippen LogP contribution is 2.23. The average molecular weight is 247 g/mol. The minimum absolute atomic E-state index is 0.184. The number of ether oxygens (including phenoxy) is 1. The molecule has 0 unspecified atom stereocenters. The number of carbonyl (C=O) groups excluding carboxylic acids is 1. The SMILES string of the molecule is CCOc1ccc(C(=O)C2CCNCC2)cc1C. The van der Waals surface area contributed by atoms with Crippen LogP contribution in [0.4, 0.5) is 0 Å². The van der Waals surface area contributed by atoms with E-state index in [-0.39, 0.29) is 11.7 Å². The highest BCUT2D eigenvalue weighted by atomic mass is 16.5. The summed E-state index contributed by atoms with van der Waals surface area (Å²) in [7, 11) is 0. The number of Topliss-reactive ketones (excluding diaryl/α,β-unsaturated/α-hetero) is 1. The summed E-state index contributed by atoms with van der Waals surface area (Å²) < 4.78 is 5.50. The van der Waals surface area contributed by atoms with E-state index in [1.54, 1.807) is 0 Å². The van der Waals surface area contributed by atoms with Gasteiger partial charge in [-0.15, -0.1) is 0 Å². The van der Waals surface area contributed by atoms with Crippen LogP contribution in [0.25, 0.3) is 0 Å².